The van der Waals surface area contributed by atoms with E-state index in [0.717, 1.165) is 11.3 Å². The molecule has 5 aromatic rings. The maximum Gasteiger partial charge on any atom is 0.280 e. The third-order valence-electron chi connectivity index (χ3n) is 7.18. The molecule has 13 heteroatoms. The van der Waals surface area contributed by atoms with E-state index >= 15 is 0 Å². The van der Waals surface area contributed by atoms with E-state index in [2.05, 4.69) is 19.9 Å². The van der Waals surface area contributed by atoms with Crippen molar-refractivity contribution in [1.82, 2.24) is 19.9 Å². The molecule has 0 saturated carbocycles. The second-order valence-corrected chi connectivity index (χ2v) is 10.6. The Morgan fingerprint density at radius 2 is 1.64 bits per heavy atom. The van der Waals surface area contributed by atoms with E-state index < -0.39 is 30.3 Å². The fourth-order valence-corrected chi connectivity index (χ4v) is 5.01. The van der Waals surface area contributed by atoms with Crippen molar-refractivity contribution in [2.45, 2.75) is 32.4 Å². The third kappa shape index (κ3) is 7.59. The summed E-state index contributed by atoms with van der Waals surface area (Å²) in [7, 11) is 1.60. The minimum absolute atomic E-state index is 0.0226. The van der Waals surface area contributed by atoms with Crippen LogP contribution in [-0.4, -0.2) is 46.4 Å². The van der Waals surface area contributed by atoms with Gasteiger partial charge in [0.2, 0.25) is 17.7 Å². The Morgan fingerprint density at radius 1 is 0.894 bits per heavy atom. The molecule has 0 unspecified atom stereocenters. The van der Waals surface area contributed by atoms with E-state index in [1.165, 1.54) is 30.3 Å². The average Bonchev–Trinajstić information content (AvgIpc) is 3.07. The molecule has 0 spiro atoms. The van der Waals surface area contributed by atoms with Crippen molar-refractivity contribution >= 4 is 5.95 Å². The van der Waals surface area contributed by atoms with Crippen LogP contribution in [0.3, 0.4) is 0 Å². The zero-order valence-corrected chi connectivity index (χ0v) is 25.4. The standard InChI is InChI=1S/C34H30F3N5O5/c1-19-14-22(15-27(39-19)31(36)37)29-30(20-6-10-23(35)11-7-20)41-34(38)42-32(29)44-16-24-4-3-5-28(40-24)47-26-17-45-33(46-18-26)21-8-12-25(43-2)13-9-21/h3-15,26,31,33H,16-18H2,1-2H3,(H2,38,41,42). The summed E-state index contributed by atoms with van der Waals surface area (Å²) in [5.74, 6) is 0.506. The Bertz CT molecular complexity index is 1840. The molecule has 0 radical (unpaired) electrons. The molecule has 6 rings (SSSR count). The van der Waals surface area contributed by atoms with Gasteiger partial charge in [0.25, 0.3) is 6.43 Å². The van der Waals surface area contributed by atoms with Crippen LogP contribution in [0.25, 0.3) is 22.4 Å². The minimum Gasteiger partial charge on any atom is -0.497 e. The van der Waals surface area contributed by atoms with Gasteiger partial charge < -0.3 is 29.4 Å². The van der Waals surface area contributed by atoms with Gasteiger partial charge in [-0.05, 0) is 67.1 Å². The average molecular weight is 646 g/mol. The van der Waals surface area contributed by atoms with E-state index in [1.807, 2.05) is 24.3 Å². The number of halogens is 3. The Hall–Kier alpha value is -5.27. The van der Waals surface area contributed by atoms with Crippen molar-refractivity contribution in [2.24, 2.45) is 0 Å². The summed E-state index contributed by atoms with van der Waals surface area (Å²) in [6, 6.07) is 21.0. The monoisotopic (exact) mass is 645 g/mol. The number of methoxy groups -OCH3 is 1. The highest BCUT2D eigenvalue weighted by Gasteiger charge is 2.26. The van der Waals surface area contributed by atoms with Crippen LogP contribution in [0, 0.1) is 12.7 Å². The van der Waals surface area contributed by atoms with Gasteiger partial charge in [-0.1, -0.05) is 18.2 Å². The van der Waals surface area contributed by atoms with Crippen molar-refractivity contribution < 1.29 is 36.9 Å². The van der Waals surface area contributed by atoms with Gasteiger partial charge in [-0.25, -0.2) is 23.1 Å². The number of benzene rings is 2. The molecule has 0 atom stereocenters. The van der Waals surface area contributed by atoms with Gasteiger partial charge in [0, 0.05) is 22.9 Å². The predicted molar refractivity (Wildman–Crippen MR) is 165 cm³/mol. The molecule has 4 heterocycles. The Kier molecular flexibility index (Phi) is 9.45. The highest BCUT2D eigenvalue weighted by atomic mass is 19.3. The van der Waals surface area contributed by atoms with Crippen LogP contribution >= 0.6 is 0 Å². The number of anilines is 1. The fourth-order valence-electron chi connectivity index (χ4n) is 5.01. The molecule has 242 valence electrons. The minimum atomic E-state index is -2.82. The number of hydrogen-bond acceptors (Lipinski definition) is 10. The van der Waals surface area contributed by atoms with Crippen LogP contribution in [0.2, 0.25) is 0 Å². The van der Waals surface area contributed by atoms with Crippen LogP contribution in [0.1, 0.15) is 35.4 Å². The maximum atomic E-state index is 13.8. The quantitative estimate of drug-likeness (QED) is 0.177. The number of nitrogen functional groups attached to an aromatic ring is 1. The van der Waals surface area contributed by atoms with Crippen molar-refractivity contribution in [1.29, 1.82) is 0 Å². The van der Waals surface area contributed by atoms with Gasteiger partial charge in [-0.3, -0.25) is 4.98 Å². The van der Waals surface area contributed by atoms with Gasteiger partial charge in [-0.15, -0.1) is 0 Å². The number of aromatic nitrogens is 4. The first-order valence-corrected chi connectivity index (χ1v) is 14.6. The Morgan fingerprint density at radius 3 is 2.34 bits per heavy atom. The number of nitrogens with two attached hydrogens (primary N) is 1. The van der Waals surface area contributed by atoms with E-state index in [1.54, 1.807) is 38.3 Å². The topological polar surface area (TPSA) is 124 Å². The summed E-state index contributed by atoms with van der Waals surface area (Å²) in [5, 5.41) is 0. The first-order valence-electron chi connectivity index (χ1n) is 14.6. The second-order valence-electron chi connectivity index (χ2n) is 10.6. The molecule has 0 aliphatic carbocycles. The molecule has 47 heavy (non-hydrogen) atoms. The SMILES string of the molecule is COc1ccc(C2OCC(Oc3cccc(COc4nc(N)nc(-c5ccc(F)cc5)c4-c4cc(C)nc(C(F)F)c4)n3)CO2)cc1. The molecule has 1 aliphatic rings. The number of nitrogens with zero attached hydrogens (tertiary/aromatic N) is 4. The van der Waals surface area contributed by atoms with E-state index in [4.69, 9.17) is 29.4 Å². The van der Waals surface area contributed by atoms with Crippen LogP contribution in [0.15, 0.2) is 78.9 Å². The van der Waals surface area contributed by atoms with Crippen molar-refractivity contribution in [3.63, 3.8) is 0 Å². The lowest BCUT2D eigenvalue weighted by atomic mass is 9.99. The molecular formula is C34H30F3N5O5. The van der Waals surface area contributed by atoms with Crippen LogP contribution in [0.5, 0.6) is 17.5 Å². The summed E-state index contributed by atoms with van der Waals surface area (Å²) in [4.78, 5) is 17.2. The van der Waals surface area contributed by atoms with Gasteiger partial charge in [0.15, 0.2) is 6.29 Å². The van der Waals surface area contributed by atoms with Gasteiger partial charge in [0.05, 0.1) is 37.3 Å². The molecule has 2 N–H and O–H groups in total. The molecule has 1 fully saturated rings. The molecule has 2 aromatic carbocycles. The number of pyridine rings is 2. The van der Waals surface area contributed by atoms with Crippen molar-refractivity contribution in [2.75, 3.05) is 26.1 Å². The smallest absolute Gasteiger partial charge is 0.280 e. The van der Waals surface area contributed by atoms with E-state index in [-0.39, 0.29) is 42.9 Å². The number of rotatable bonds is 10. The normalized spacial score (nSPS) is 16.2. The van der Waals surface area contributed by atoms with Gasteiger partial charge >= 0.3 is 0 Å². The lowest BCUT2D eigenvalue weighted by Gasteiger charge is -2.29. The summed E-state index contributed by atoms with van der Waals surface area (Å²) in [6.07, 6.45) is -3.75. The number of aryl methyl sites for hydroxylation is 1. The maximum absolute atomic E-state index is 13.8. The molecule has 0 amide bonds. The lowest BCUT2D eigenvalue weighted by molar-refractivity contribution is -0.216. The lowest BCUT2D eigenvalue weighted by Crippen LogP contribution is -2.35. The first-order chi connectivity index (χ1) is 22.7. The second kappa shape index (κ2) is 14.0. The molecule has 1 aliphatic heterocycles. The third-order valence-corrected chi connectivity index (χ3v) is 7.18. The largest absolute Gasteiger partial charge is 0.497 e. The Labute approximate surface area is 268 Å². The van der Waals surface area contributed by atoms with Crippen molar-refractivity contribution in [3.8, 4) is 39.9 Å². The Balaban J connectivity index is 1.21. The van der Waals surface area contributed by atoms with E-state index in [0.29, 0.717) is 28.4 Å². The van der Waals surface area contributed by atoms with Crippen LogP contribution < -0.4 is 19.9 Å². The summed E-state index contributed by atoms with van der Waals surface area (Å²) in [6.45, 7) is 2.08. The first kappa shape index (κ1) is 31.7. The van der Waals surface area contributed by atoms with Crippen LogP contribution in [0.4, 0.5) is 19.1 Å². The summed E-state index contributed by atoms with van der Waals surface area (Å²) >= 11 is 0. The predicted octanol–water partition coefficient (Wildman–Crippen LogP) is 6.65. The van der Waals surface area contributed by atoms with Gasteiger partial charge in [0.1, 0.15) is 30.0 Å². The van der Waals surface area contributed by atoms with Crippen LogP contribution in [-0.2, 0) is 16.1 Å². The van der Waals surface area contributed by atoms with E-state index in [9.17, 15) is 13.2 Å². The van der Waals surface area contributed by atoms with Crippen molar-refractivity contribution in [3.05, 3.63) is 107 Å². The number of alkyl halides is 2. The zero-order valence-electron chi connectivity index (χ0n) is 25.4. The molecule has 1 saturated heterocycles. The molecule has 0 bridgehead atoms. The molecule has 10 nitrogen and oxygen atoms in total. The fraction of sp³-hybridized carbons (Fsp3) is 0.235. The number of hydrogen-bond donors (Lipinski definition) is 1. The highest BCUT2D eigenvalue weighted by molar-refractivity contribution is 5.85. The number of ether oxygens (including phenoxy) is 5. The highest BCUT2D eigenvalue weighted by Crippen LogP contribution is 2.39. The molecule has 3 aromatic heterocycles. The van der Waals surface area contributed by atoms with Gasteiger partial charge in [-0.2, -0.15) is 4.98 Å². The summed E-state index contributed by atoms with van der Waals surface area (Å²) < 4.78 is 70.4. The molecular weight excluding hydrogens is 615 g/mol. The zero-order chi connectivity index (χ0) is 32.9. The summed E-state index contributed by atoms with van der Waals surface area (Å²) in [5.41, 5.74) is 8.71.